The van der Waals surface area contributed by atoms with Crippen LogP contribution in [-0.2, 0) is 52.7 Å². The van der Waals surface area contributed by atoms with Gasteiger partial charge in [0.15, 0.2) is 0 Å². The van der Waals surface area contributed by atoms with E-state index < -0.39 is 162 Å². The molecule has 1 rings (SSSR count). The summed E-state index contributed by atoms with van der Waals surface area (Å²) in [6.45, 7) is 29.1. The maximum absolute atomic E-state index is 15.2. The molecular weight excluding hydrogens is 1130 g/mol. The maximum Gasteiger partial charge on any atom is 0.246 e. The molecule has 0 spiro atoms. The summed E-state index contributed by atoms with van der Waals surface area (Å²) in [5.41, 5.74) is 0. The summed E-state index contributed by atoms with van der Waals surface area (Å²) in [6, 6.07) is -14.1. The number of aliphatic hydroxyl groups is 2. The lowest BCUT2D eigenvalue weighted by atomic mass is 9.91. The molecule has 13 atom stereocenters. The molecule has 504 valence electrons. The van der Waals surface area contributed by atoms with Crippen LogP contribution in [0.4, 0.5) is 0 Å². The fraction of sp³-hybridized carbons (Fsp3) is 0.797. The Morgan fingerprint density at radius 2 is 0.818 bits per heavy atom. The zero-order chi connectivity index (χ0) is 68.3. The monoisotopic (exact) mass is 1250 g/mol. The second-order valence-electron chi connectivity index (χ2n) is 26.8. The van der Waals surface area contributed by atoms with Crippen LogP contribution in [0.15, 0.2) is 12.2 Å². The molecule has 1 heterocycles. The van der Waals surface area contributed by atoms with Crippen LogP contribution in [0.1, 0.15) is 163 Å². The summed E-state index contributed by atoms with van der Waals surface area (Å²) in [7, 11) is 9.78. The Hall–Kier alpha value is -6.17. The Labute approximate surface area is 526 Å². The van der Waals surface area contributed by atoms with Gasteiger partial charge >= 0.3 is 0 Å². The van der Waals surface area contributed by atoms with E-state index in [1.807, 2.05) is 55.4 Å². The molecule has 0 saturated carbocycles. The molecule has 0 aromatic rings. The summed E-state index contributed by atoms with van der Waals surface area (Å²) in [6.07, 6.45) is 2.49. The van der Waals surface area contributed by atoms with Crippen LogP contribution in [-0.4, -0.2) is 238 Å². The number of carbonyl (C=O) groups is 11. The topological polar surface area (TPSA) is 299 Å². The van der Waals surface area contributed by atoms with Crippen molar-refractivity contribution in [3.63, 3.8) is 0 Å². The van der Waals surface area contributed by atoms with Gasteiger partial charge < -0.3 is 65.8 Å². The van der Waals surface area contributed by atoms with Crippen molar-refractivity contribution in [2.45, 2.75) is 235 Å². The number of amides is 11. The van der Waals surface area contributed by atoms with Crippen molar-refractivity contribution in [2.75, 3.05) is 55.9 Å². The average molecular weight is 1250 g/mol. The van der Waals surface area contributed by atoms with Gasteiger partial charge in [0.25, 0.3) is 0 Å². The van der Waals surface area contributed by atoms with E-state index in [1.54, 1.807) is 60.6 Å². The van der Waals surface area contributed by atoms with Gasteiger partial charge in [-0.25, -0.2) is 0 Å². The molecule has 11 amide bonds. The number of nitrogens with one attached hydrogen (secondary N) is 4. The van der Waals surface area contributed by atoms with E-state index in [-0.39, 0.29) is 68.6 Å². The standard InChI is InChI=1S/C64H115N11O13/c1-25-27-28-41(15)53(77)52-57(81)67-44(26-2)59(83)69(18)45(29-30-76)60(84)70(19)47(32-36(5)6)56(80)68-50(39(11)12)63(87)71(20)46(31-35(3)4)55(79)65-42(16)54(78)66-43(17)58(82)72(21)48(33-37(7)8)61(85)73(22)49(34-38(9)10)62(86)74(23)51(40(13)14)64(88)75(52)24/h25,27,35-53,76-77H,26,28-34H2,1-24H3,(H,65,79)(H,66,78)(H,67,81)(H,68,80)/b27-25+/t41-,42+,43-,44+,45-,46+,47+,48+,49+,50+,51+,52+,53-/m1/s1. The van der Waals surface area contributed by atoms with E-state index in [0.29, 0.717) is 0 Å². The smallest absolute Gasteiger partial charge is 0.246 e. The third kappa shape index (κ3) is 21.8. The molecule has 0 aliphatic carbocycles. The largest absolute Gasteiger partial charge is 0.396 e. The van der Waals surface area contributed by atoms with Crippen LogP contribution in [0.2, 0.25) is 0 Å². The highest BCUT2D eigenvalue weighted by molar-refractivity contribution is 6.00. The first kappa shape index (κ1) is 79.8. The molecule has 1 aliphatic rings. The molecule has 88 heavy (non-hydrogen) atoms. The molecular formula is C64H115N11O13. The van der Waals surface area contributed by atoms with Crippen molar-refractivity contribution in [1.82, 2.24) is 55.6 Å². The third-order valence-electron chi connectivity index (χ3n) is 16.8. The van der Waals surface area contributed by atoms with Crippen LogP contribution in [0.5, 0.6) is 0 Å². The third-order valence-corrected chi connectivity index (χ3v) is 16.8. The highest BCUT2D eigenvalue weighted by Crippen LogP contribution is 2.26. The van der Waals surface area contributed by atoms with Gasteiger partial charge in [0, 0.05) is 55.9 Å². The van der Waals surface area contributed by atoms with Gasteiger partial charge in [-0.15, -0.1) is 0 Å². The minimum Gasteiger partial charge on any atom is -0.396 e. The van der Waals surface area contributed by atoms with Crippen LogP contribution in [0.25, 0.3) is 0 Å². The Morgan fingerprint density at radius 1 is 0.432 bits per heavy atom. The Balaban J connectivity index is 4.45. The normalized spacial score (nSPS) is 27.2. The minimum atomic E-state index is -1.66. The average Bonchev–Trinajstić information content (AvgIpc) is 1.33. The van der Waals surface area contributed by atoms with Crippen molar-refractivity contribution < 1.29 is 63.0 Å². The lowest BCUT2D eigenvalue weighted by Crippen LogP contribution is -2.64. The van der Waals surface area contributed by atoms with E-state index in [0.717, 1.165) is 9.80 Å². The minimum absolute atomic E-state index is 0.0408. The Kier molecular flexibility index (Phi) is 33.1. The summed E-state index contributed by atoms with van der Waals surface area (Å²) in [4.78, 5) is 170. The zero-order valence-electron chi connectivity index (χ0n) is 57.8. The molecule has 0 aromatic heterocycles. The molecule has 0 aromatic carbocycles. The summed E-state index contributed by atoms with van der Waals surface area (Å²) < 4.78 is 0. The SMILES string of the molecule is C/C=C/C[C@@H](C)[C@@H](O)[C@H]1C(=O)N[C@@H](CC)C(=O)N(C)[C@H](CCO)C(=O)N(C)[C@@H](CC(C)C)C(=O)N[C@@H](C(C)C)C(=O)N(C)[C@@H](CC(C)C)C(=O)N[C@@H](C)C(=O)N[C@H](C)C(=O)N(C)[C@@H](CC(C)C)C(=O)N(C)[C@@H](CC(C)C)C(=O)N(C)[C@@H](C(C)C)C(=O)N1C. The van der Waals surface area contributed by atoms with Gasteiger partial charge in [-0.2, -0.15) is 0 Å². The van der Waals surface area contributed by atoms with Gasteiger partial charge in [-0.3, -0.25) is 52.7 Å². The van der Waals surface area contributed by atoms with Gasteiger partial charge in [0.05, 0.1) is 6.10 Å². The van der Waals surface area contributed by atoms with Crippen molar-refractivity contribution >= 4 is 65.0 Å². The first-order chi connectivity index (χ1) is 40.7. The summed E-state index contributed by atoms with van der Waals surface area (Å²) in [5.74, 6) is -10.3. The van der Waals surface area contributed by atoms with Crippen LogP contribution in [0, 0.1) is 41.4 Å². The molecule has 0 radical (unpaired) electrons. The maximum atomic E-state index is 15.2. The number of aliphatic hydroxyl groups excluding tert-OH is 2. The van der Waals surface area contributed by atoms with Gasteiger partial charge in [-0.1, -0.05) is 109 Å². The van der Waals surface area contributed by atoms with Crippen LogP contribution >= 0.6 is 0 Å². The lowest BCUT2D eigenvalue weighted by molar-refractivity contribution is -0.157. The number of nitrogens with zero attached hydrogens (tertiary/aromatic N) is 7. The number of hydrogen-bond acceptors (Lipinski definition) is 13. The highest BCUT2D eigenvalue weighted by atomic mass is 16.3. The van der Waals surface area contributed by atoms with Gasteiger partial charge in [-0.05, 0) is 107 Å². The Morgan fingerprint density at radius 3 is 1.25 bits per heavy atom. The first-order valence-electron chi connectivity index (χ1n) is 31.7. The second kappa shape index (κ2) is 36.5. The van der Waals surface area contributed by atoms with E-state index in [2.05, 4.69) is 21.3 Å². The number of rotatable bonds is 17. The number of likely N-dealkylation sites (N-methyl/N-ethyl adjacent to an activating group) is 7. The van der Waals surface area contributed by atoms with Gasteiger partial charge in [0.1, 0.15) is 66.5 Å². The van der Waals surface area contributed by atoms with E-state index in [1.165, 1.54) is 87.7 Å². The fourth-order valence-corrected chi connectivity index (χ4v) is 11.2. The molecule has 0 bridgehead atoms. The predicted octanol–water partition coefficient (Wildman–Crippen LogP) is 3.02. The molecule has 6 N–H and O–H groups in total. The number of carbonyl (C=O) groups excluding carboxylic acids is 11. The van der Waals surface area contributed by atoms with E-state index >= 15 is 9.59 Å². The van der Waals surface area contributed by atoms with Crippen molar-refractivity contribution in [2.24, 2.45) is 41.4 Å². The molecule has 1 fully saturated rings. The van der Waals surface area contributed by atoms with E-state index in [4.69, 9.17) is 0 Å². The highest BCUT2D eigenvalue weighted by Gasteiger charge is 2.46. The number of allylic oxidation sites excluding steroid dienone is 2. The van der Waals surface area contributed by atoms with Crippen molar-refractivity contribution in [1.29, 1.82) is 0 Å². The summed E-state index contributed by atoms with van der Waals surface area (Å²) >= 11 is 0. The molecule has 0 unspecified atom stereocenters. The second-order valence-corrected chi connectivity index (χ2v) is 26.8. The summed E-state index contributed by atoms with van der Waals surface area (Å²) in [5, 5.41) is 33.5. The Bertz CT molecular complexity index is 2400. The molecule has 1 saturated heterocycles. The molecule has 1 aliphatic heterocycles. The number of hydrogen-bond donors (Lipinski definition) is 6. The fourth-order valence-electron chi connectivity index (χ4n) is 11.2. The molecule has 24 nitrogen and oxygen atoms in total. The first-order valence-corrected chi connectivity index (χ1v) is 31.7. The zero-order valence-corrected chi connectivity index (χ0v) is 57.8. The quantitative estimate of drug-likeness (QED) is 0.114. The van der Waals surface area contributed by atoms with Crippen LogP contribution in [0.3, 0.4) is 0 Å². The van der Waals surface area contributed by atoms with Crippen LogP contribution < -0.4 is 21.3 Å². The lowest BCUT2D eigenvalue weighted by Gasteiger charge is -2.41. The van der Waals surface area contributed by atoms with Gasteiger partial charge in [0.2, 0.25) is 65.0 Å². The van der Waals surface area contributed by atoms with Crippen molar-refractivity contribution in [3.05, 3.63) is 12.2 Å². The predicted molar refractivity (Wildman–Crippen MR) is 339 cm³/mol. The van der Waals surface area contributed by atoms with E-state index in [9.17, 15) is 53.4 Å². The molecule has 24 heteroatoms. The van der Waals surface area contributed by atoms with Crippen molar-refractivity contribution in [3.8, 4) is 0 Å².